The molecule has 3 rings (SSSR count). The molecule has 2 aromatic carbocycles. The van der Waals surface area contributed by atoms with Crippen molar-refractivity contribution in [1.82, 2.24) is 4.90 Å². The second-order valence-corrected chi connectivity index (χ2v) is 6.04. The van der Waals surface area contributed by atoms with Gasteiger partial charge in [0.1, 0.15) is 11.5 Å². The lowest BCUT2D eigenvalue weighted by molar-refractivity contribution is -0.141. The second-order valence-electron chi connectivity index (χ2n) is 6.04. The molecule has 0 aliphatic carbocycles. The zero-order valence-corrected chi connectivity index (χ0v) is 14.2. The van der Waals surface area contributed by atoms with Gasteiger partial charge in [0.2, 0.25) is 0 Å². The normalized spacial score (nSPS) is 16.8. The monoisotopic (exact) mass is 377 g/mol. The van der Waals surface area contributed by atoms with E-state index in [2.05, 4.69) is 0 Å². The fourth-order valence-electron chi connectivity index (χ4n) is 2.75. The molecule has 0 radical (unpaired) electrons. The number of amides is 1. The molecule has 1 atom stereocenters. The van der Waals surface area contributed by atoms with E-state index in [0.29, 0.717) is 17.9 Å². The first kappa shape index (κ1) is 18.8. The Kier molecular flexibility index (Phi) is 5.66. The van der Waals surface area contributed by atoms with Crippen LogP contribution in [0.1, 0.15) is 16.8 Å². The third-order valence-corrected chi connectivity index (χ3v) is 4.06. The van der Waals surface area contributed by atoms with Crippen molar-refractivity contribution in [2.45, 2.75) is 12.5 Å². The Labute approximate surface area is 153 Å². The predicted octanol–water partition coefficient (Wildman–Crippen LogP) is 3.07. The summed E-state index contributed by atoms with van der Waals surface area (Å²) in [6.07, 6.45) is -0.693. The molecule has 1 saturated heterocycles. The molecule has 6 nitrogen and oxygen atoms in total. The number of carboxylic acid groups (broad SMARTS) is 1. The van der Waals surface area contributed by atoms with Crippen LogP contribution >= 0.6 is 0 Å². The Morgan fingerprint density at radius 3 is 2.48 bits per heavy atom. The van der Waals surface area contributed by atoms with Gasteiger partial charge in [0, 0.05) is 24.7 Å². The maximum absolute atomic E-state index is 13.2. The molecule has 2 aromatic rings. The van der Waals surface area contributed by atoms with Gasteiger partial charge in [-0.1, -0.05) is 0 Å². The van der Waals surface area contributed by atoms with Gasteiger partial charge in [0.05, 0.1) is 19.1 Å². The van der Waals surface area contributed by atoms with Crippen LogP contribution < -0.4 is 4.74 Å². The number of carboxylic acids is 1. The van der Waals surface area contributed by atoms with Crippen molar-refractivity contribution >= 4 is 11.9 Å². The average molecular weight is 377 g/mol. The Morgan fingerprint density at radius 2 is 1.81 bits per heavy atom. The van der Waals surface area contributed by atoms with E-state index in [4.69, 9.17) is 14.6 Å². The van der Waals surface area contributed by atoms with Crippen LogP contribution in [-0.4, -0.2) is 47.7 Å². The van der Waals surface area contributed by atoms with Crippen LogP contribution in [0.25, 0.3) is 0 Å². The fourth-order valence-corrected chi connectivity index (χ4v) is 2.75. The summed E-state index contributed by atoms with van der Waals surface area (Å²) in [6.45, 7) is 0.862. The number of carbonyl (C=O) groups is 2. The number of rotatable bonds is 5. The van der Waals surface area contributed by atoms with E-state index in [1.807, 2.05) is 0 Å². The zero-order valence-electron chi connectivity index (χ0n) is 14.2. The molecule has 0 bridgehead atoms. The molecule has 1 aliphatic rings. The van der Waals surface area contributed by atoms with Crippen LogP contribution in [0, 0.1) is 11.6 Å². The van der Waals surface area contributed by atoms with Crippen molar-refractivity contribution in [2.24, 2.45) is 0 Å². The minimum Gasteiger partial charge on any atom is -0.481 e. The first-order valence-corrected chi connectivity index (χ1v) is 8.28. The first-order chi connectivity index (χ1) is 12.9. The summed E-state index contributed by atoms with van der Waals surface area (Å²) in [5, 5.41) is 8.85. The summed E-state index contributed by atoms with van der Waals surface area (Å²) in [5.41, 5.74) is 0.406. The molecule has 27 heavy (non-hydrogen) atoms. The highest BCUT2D eigenvalue weighted by Crippen LogP contribution is 2.24. The van der Waals surface area contributed by atoms with Crippen LogP contribution in [0.5, 0.6) is 11.5 Å². The van der Waals surface area contributed by atoms with Crippen LogP contribution in [0.2, 0.25) is 0 Å². The van der Waals surface area contributed by atoms with E-state index in [1.54, 1.807) is 29.2 Å². The van der Waals surface area contributed by atoms with Crippen LogP contribution in [-0.2, 0) is 9.53 Å². The number of aliphatic carboxylic acids is 1. The van der Waals surface area contributed by atoms with Crippen molar-refractivity contribution < 1.29 is 33.0 Å². The van der Waals surface area contributed by atoms with E-state index in [1.165, 1.54) is 6.07 Å². The van der Waals surface area contributed by atoms with Gasteiger partial charge in [-0.2, -0.15) is 0 Å². The van der Waals surface area contributed by atoms with Crippen molar-refractivity contribution in [3.63, 3.8) is 0 Å². The maximum atomic E-state index is 13.2. The van der Waals surface area contributed by atoms with Gasteiger partial charge in [-0.15, -0.1) is 0 Å². The van der Waals surface area contributed by atoms with Gasteiger partial charge in [0.15, 0.2) is 11.6 Å². The third kappa shape index (κ3) is 4.79. The molecule has 8 heteroatoms. The molecule has 0 spiro atoms. The number of hydrogen-bond donors (Lipinski definition) is 1. The molecule has 1 heterocycles. The van der Waals surface area contributed by atoms with E-state index >= 15 is 0 Å². The predicted molar refractivity (Wildman–Crippen MR) is 90.8 cm³/mol. The highest BCUT2D eigenvalue weighted by molar-refractivity contribution is 5.94. The molecule has 1 unspecified atom stereocenters. The van der Waals surface area contributed by atoms with Crippen LogP contribution in [0.15, 0.2) is 42.5 Å². The van der Waals surface area contributed by atoms with Crippen molar-refractivity contribution in [2.75, 3.05) is 19.7 Å². The number of ether oxygens (including phenoxy) is 2. The summed E-state index contributed by atoms with van der Waals surface area (Å²) in [4.78, 5) is 24.9. The number of hydrogen-bond acceptors (Lipinski definition) is 4. The smallest absolute Gasteiger partial charge is 0.306 e. The summed E-state index contributed by atoms with van der Waals surface area (Å²) in [5.74, 6) is -2.69. The Bertz CT molecular complexity index is 840. The van der Waals surface area contributed by atoms with E-state index < -0.39 is 23.7 Å². The highest BCUT2D eigenvalue weighted by Gasteiger charge is 2.26. The molecule has 1 fully saturated rings. The number of carbonyl (C=O) groups excluding carboxylic acids is 1. The summed E-state index contributed by atoms with van der Waals surface area (Å²) < 4.78 is 37.0. The molecule has 1 amide bonds. The van der Waals surface area contributed by atoms with E-state index in [0.717, 1.165) is 12.1 Å². The zero-order chi connectivity index (χ0) is 19.4. The van der Waals surface area contributed by atoms with Crippen molar-refractivity contribution in [3.8, 4) is 11.5 Å². The molecule has 0 aromatic heterocycles. The maximum Gasteiger partial charge on any atom is 0.306 e. The molecular formula is C19H17F2NO5. The van der Waals surface area contributed by atoms with E-state index in [-0.39, 0.29) is 31.2 Å². The third-order valence-electron chi connectivity index (χ3n) is 4.06. The van der Waals surface area contributed by atoms with Crippen LogP contribution in [0.4, 0.5) is 8.78 Å². The lowest BCUT2D eigenvalue weighted by atomic mass is 10.1. The molecule has 0 saturated carbocycles. The largest absolute Gasteiger partial charge is 0.481 e. The lowest BCUT2D eigenvalue weighted by Gasteiger charge is -2.32. The molecule has 1 N–H and O–H groups in total. The van der Waals surface area contributed by atoms with Gasteiger partial charge < -0.3 is 19.5 Å². The molecule has 1 aliphatic heterocycles. The standard InChI is InChI=1S/C19H17F2NO5/c20-16-6-5-14(9-17(16)21)27-13-3-1-12(2-4-13)19(25)22-7-8-26-15(11-22)10-18(23)24/h1-6,9,15H,7-8,10-11H2,(H,23,24). The molecule has 142 valence electrons. The van der Waals surface area contributed by atoms with Gasteiger partial charge in [0.25, 0.3) is 5.91 Å². The number of nitrogens with zero attached hydrogens (tertiary/aromatic N) is 1. The topological polar surface area (TPSA) is 76.1 Å². The first-order valence-electron chi connectivity index (χ1n) is 8.28. The summed E-state index contributed by atoms with van der Waals surface area (Å²) >= 11 is 0. The number of halogens is 2. The SMILES string of the molecule is O=C(O)CC1CN(C(=O)c2ccc(Oc3ccc(F)c(F)c3)cc2)CCO1. The minimum absolute atomic E-state index is 0.137. The highest BCUT2D eigenvalue weighted by atomic mass is 19.2. The fraction of sp³-hybridized carbons (Fsp3) is 0.263. The summed E-state index contributed by atoms with van der Waals surface area (Å²) in [7, 11) is 0. The Hall–Kier alpha value is -3.00. The van der Waals surface area contributed by atoms with Crippen molar-refractivity contribution in [1.29, 1.82) is 0 Å². The lowest BCUT2D eigenvalue weighted by Crippen LogP contribution is -2.46. The van der Waals surface area contributed by atoms with Crippen molar-refractivity contribution in [3.05, 3.63) is 59.7 Å². The van der Waals surface area contributed by atoms with Gasteiger partial charge >= 0.3 is 5.97 Å². The van der Waals surface area contributed by atoms with E-state index in [9.17, 15) is 18.4 Å². The van der Waals surface area contributed by atoms with Gasteiger partial charge in [-0.05, 0) is 36.4 Å². The second kappa shape index (κ2) is 8.13. The minimum atomic E-state index is -1.01. The summed E-state index contributed by atoms with van der Waals surface area (Å²) in [6, 6.07) is 9.40. The Balaban J connectivity index is 1.64. The number of benzene rings is 2. The quantitative estimate of drug-likeness (QED) is 0.867. The average Bonchev–Trinajstić information content (AvgIpc) is 2.64. The Morgan fingerprint density at radius 1 is 1.11 bits per heavy atom. The van der Waals surface area contributed by atoms with Gasteiger partial charge in [-0.3, -0.25) is 9.59 Å². The van der Waals surface area contributed by atoms with Crippen LogP contribution in [0.3, 0.4) is 0 Å². The molecular weight excluding hydrogens is 360 g/mol. The van der Waals surface area contributed by atoms with Gasteiger partial charge in [-0.25, -0.2) is 8.78 Å². The number of morpholine rings is 1.